The predicted octanol–water partition coefficient (Wildman–Crippen LogP) is -0.325. The third kappa shape index (κ3) is 2.69. The molecule has 1 saturated heterocycles. The minimum atomic E-state index is -0.511. The van der Waals surface area contributed by atoms with Crippen molar-refractivity contribution in [2.24, 2.45) is 0 Å². The number of nitrogens with one attached hydrogen (secondary N) is 1. The van der Waals surface area contributed by atoms with Crippen molar-refractivity contribution in [1.82, 2.24) is 10.4 Å². The molecule has 2 amide bonds. The summed E-state index contributed by atoms with van der Waals surface area (Å²) in [6.07, 6.45) is 1.07. The van der Waals surface area contributed by atoms with Crippen LogP contribution in [0.1, 0.15) is 19.8 Å². The van der Waals surface area contributed by atoms with Crippen LogP contribution < -0.4 is 5.48 Å². The van der Waals surface area contributed by atoms with Crippen molar-refractivity contribution in [2.75, 3.05) is 13.6 Å². The molecule has 5 nitrogen and oxygen atoms in total. The molecular formula is C8H14N2O3. The molecule has 0 aliphatic carbocycles. The Morgan fingerprint density at radius 2 is 2.38 bits per heavy atom. The molecule has 0 spiro atoms. The van der Waals surface area contributed by atoms with Gasteiger partial charge in [0.1, 0.15) is 0 Å². The number of rotatable bonds is 2. The monoisotopic (exact) mass is 186 g/mol. The van der Waals surface area contributed by atoms with Crippen LogP contribution in [-0.4, -0.2) is 36.4 Å². The molecule has 5 heteroatoms. The van der Waals surface area contributed by atoms with Gasteiger partial charge in [-0.2, -0.15) is 0 Å². The van der Waals surface area contributed by atoms with Crippen LogP contribution in [0.4, 0.5) is 0 Å². The van der Waals surface area contributed by atoms with Crippen LogP contribution in [0.25, 0.3) is 0 Å². The molecule has 0 radical (unpaired) electrons. The Hall–Kier alpha value is -1.10. The van der Waals surface area contributed by atoms with Crippen LogP contribution in [0.3, 0.4) is 0 Å². The normalized spacial score (nSPS) is 23.1. The van der Waals surface area contributed by atoms with Crippen LogP contribution in [0.15, 0.2) is 0 Å². The first-order chi connectivity index (χ1) is 6.11. The molecule has 1 atom stereocenters. The highest BCUT2D eigenvalue weighted by Gasteiger charge is 2.27. The van der Waals surface area contributed by atoms with Crippen molar-refractivity contribution >= 4 is 11.8 Å². The summed E-state index contributed by atoms with van der Waals surface area (Å²) in [5.74, 6) is -0.360. The Morgan fingerprint density at radius 3 is 3.00 bits per heavy atom. The van der Waals surface area contributed by atoms with Crippen molar-refractivity contribution in [3.05, 3.63) is 0 Å². The van der Waals surface area contributed by atoms with E-state index in [4.69, 9.17) is 4.84 Å². The number of likely N-dealkylation sites (tertiary alicyclic amines) is 1. The van der Waals surface area contributed by atoms with Gasteiger partial charge in [0, 0.05) is 20.5 Å². The summed E-state index contributed by atoms with van der Waals surface area (Å²) < 4.78 is 0. The van der Waals surface area contributed by atoms with Crippen LogP contribution in [0.5, 0.6) is 0 Å². The molecule has 0 saturated carbocycles. The lowest BCUT2D eigenvalue weighted by molar-refractivity contribution is -0.157. The molecule has 1 aliphatic heterocycles. The lowest BCUT2D eigenvalue weighted by Gasteiger charge is -2.28. The number of hydrogen-bond donors (Lipinski definition) is 1. The molecule has 74 valence electrons. The third-order valence-electron chi connectivity index (χ3n) is 1.96. The van der Waals surface area contributed by atoms with Crippen molar-refractivity contribution in [3.8, 4) is 0 Å². The highest BCUT2D eigenvalue weighted by Crippen LogP contribution is 2.11. The zero-order valence-electron chi connectivity index (χ0n) is 7.87. The molecule has 1 unspecified atom stereocenters. The zero-order chi connectivity index (χ0) is 9.84. The number of carbonyl (C=O) groups is 2. The lowest BCUT2D eigenvalue weighted by Crippen LogP contribution is -2.45. The molecule has 0 aromatic rings. The largest absolute Gasteiger partial charge is 0.343 e. The van der Waals surface area contributed by atoms with E-state index < -0.39 is 6.10 Å². The number of likely N-dealkylation sites (N-methyl/N-ethyl adjacent to an activating group) is 1. The highest BCUT2D eigenvalue weighted by atomic mass is 16.7. The summed E-state index contributed by atoms with van der Waals surface area (Å²) in [5, 5.41) is 0. The minimum Gasteiger partial charge on any atom is -0.343 e. The fourth-order valence-electron chi connectivity index (χ4n) is 1.26. The van der Waals surface area contributed by atoms with Gasteiger partial charge in [-0.05, 0) is 12.8 Å². The van der Waals surface area contributed by atoms with E-state index in [-0.39, 0.29) is 11.8 Å². The Bertz CT molecular complexity index is 217. The van der Waals surface area contributed by atoms with Gasteiger partial charge < -0.3 is 4.90 Å². The summed E-state index contributed by atoms with van der Waals surface area (Å²) in [6.45, 7) is 2.11. The SMILES string of the molecule is CC(=O)NOC1CCCN(C)C1=O. The Balaban J connectivity index is 2.40. The molecule has 1 rings (SSSR count). The summed E-state index contributed by atoms with van der Waals surface area (Å²) in [5.41, 5.74) is 2.18. The molecular weight excluding hydrogens is 172 g/mol. The fourth-order valence-corrected chi connectivity index (χ4v) is 1.26. The molecule has 1 N–H and O–H groups in total. The molecule has 0 aromatic heterocycles. The topological polar surface area (TPSA) is 58.6 Å². The first kappa shape index (κ1) is 9.98. The average Bonchev–Trinajstić information content (AvgIpc) is 2.07. The van der Waals surface area contributed by atoms with Gasteiger partial charge in [-0.1, -0.05) is 0 Å². The van der Waals surface area contributed by atoms with Gasteiger partial charge >= 0.3 is 0 Å². The van der Waals surface area contributed by atoms with E-state index in [0.717, 1.165) is 13.0 Å². The van der Waals surface area contributed by atoms with Crippen LogP contribution in [0.2, 0.25) is 0 Å². The maximum Gasteiger partial charge on any atom is 0.254 e. The molecule has 13 heavy (non-hydrogen) atoms. The van der Waals surface area contributed by atoms with Crippen LogP contribution in [0, 0.1) is 0 Å². The quantitative estimate of drug-likeness (QED) is 0.601. The zero-order valence-corrected chi connectivity index (χ0v) is 7.87. The number of carbonyl (C=O) groups excluding carboxylic acids is 2. The smallest absolute Gasteiger partial charge is 0.254 e. The first-order valence-corrected chi connectivity index (χ1v) is 4.28. The van der Waals surface area contributed by atoms with Crippen molar-refractivity contribution in [1.29, 1.82) is 0 Å². The number of amides is 2. The number of hydroxylamine groups is 1. The third-order valence-corrected chi connectivity index (χ3v) is 1.96. The second-order valence-electron chi connectivity index (χ2n) is 3.17. The average molecular weight is 186 g/mol. The van der Waals surface area contributed by atoms with E-state index in [1.54, 1.807) is 11.9 Å². The lowest BCUT2D eigenvalue weighted by atomic mass is 10.1. The van der Waals surface area contributed by atoms with Gasteiger partial charge in [0.15, 0.2) is 6.10 Å². The van der Waals surface area contributed by atoms with Crippen LogP contribution >= 0.6 is 0 Å². The molecule has 1 fully saturated rings. The van der Waals surface area contributed by atoms with E-state index in [1.165, 1.54) is 6.92 Å². The van der Waals surface area contributed by atoms with E-state index in [1.807, 2.05) is 0 Å². The predicted molar refractivity (Wildman–Crippen MR) is 45.6 cm³/mol. The van der Waals surface area contributed by atoms with Gasteiger partial charge in [0.05, 0.1) is 0 Å². The number of nitrogens with zero attached hydrogens (tertiary/aromatic N) is 1. The summed E-state index contributed by atoms with van der Waals surface area (Å²) in [7, 11) is 1.73. The first-order valence-electron chi connectivity index (χ1n) is 4.28. The second-order valence-corrected chi connectivity index (χ2v) is 3.17. The van der Waals surface area contributed by atoms with Gasteiger partial charge in [-0.25, -0.2) is 5.48 Å². The number of hydrogen-bond acceptors (Lipinski definition) is 3. The summed E-state index contributed by atoms with van der Waals surface area (Å²) in [6, 6.07) is 0. The second kappa shape index (κ2) is 4.23. The van der Waals surface area contributed by atoms with E-state index >= 15 is 0 Å². The number of piperidine rings is 1. The molecule has 1 aliphatic rings. The molecule has 0 bridgehead atoms. The Morgan fingerprint density at radius 1 is 1.69 bits per heavy atom. The van der Waals surface area contributed by atoms with Gasteiger partial charge in [0.25, 0.3) is 5.91 Å². The fraction of sp³-hybridized carbons (Fsp3) is 0.750. The van der Waals surface area contributed by atoms with Gasteiger partial charge in [0.2, 0.25) is 5.91 Å². The Labute approximate surface area is 77.0 Å². The van der Waals surface area contributed by atoms with E-state index in [2.05, 4.69) is 5.48 Å². The van der Waals surface area contributed by atoms with Crippen molar-refractivity contribution < 1.29 is 14.4 Å². The summed E-state index contributed by atoms with van der Waals surface area (Å²) >= 11 is 0. The minimum absolute atomic E-state index is 0.0694. The molecule has 0 aromatic carbocycles. The standard InChI is InChI=1S/C8H14N2O3/c1-6(11)9-13-7-4-3-5-10(2)8(7)12/h7H,3-5H2,1-2H3,(H,9,11). The Kier molecular flexibility index (Phi) is 3.25. The van der Waals surface area contributed by atoms with E-state index in [9.17, 15) is 9.59 Å². The summed E-state index contributed by atoms with van der Waals surface area (Å²) in [4.78, 5) is 28.4. The maximum atomic E-state index is 11.4. The van der Waals surface area contributed by atoms with Crippen LogP contribution in [-0.2, 0) is 14.4 Å². The van der Waals surface area contributed by atoms with Crippen molar-refractivity contribution in [2.45, 2.75) is 25.9 Å². The van der Waals surface area contributed by atoms with E-state index in [0.29, 0.717) is 6.42 Å². The van der Waals surface area contributed by atoms with Gasteiger partial charge in [-0.15, -0.1) is 0 Å². The molecule has 1 heterocycles. The van der Waals surface area contributed by atoms with Gasteiger partial charge in [-0.3, -0.25) is 14.4 Å². The maximum absolute atomic E-state index is 11.4. The highest BCUT2D eigenvalue weighted by molar-refractivity contribution is 5.81. The van der Waals surface area contributed by atoms with Crippen molar-refractivity contribution in [3.63, 3.8) is 0 Å².